The van der Waals surface area contributed by atoms with E-state index in [0.717, 1.165) is 0 Å². The van der Waals surface area contributed by atoms with Gasteiger partial charge in [-0.25, -0.2) is 4.98 Å². The van der Waals surface area contributed by atoms with E-state index >= 15 is 0 Å². The summed E-state index contributed by atoms with van der Waals surface area (Å²) in [7, 11) is 0. The minimum Gasteiger partial charge on any atom is -0.409 e. The Hall–Kier alpha value is -1.82. The zero-order valence-electron chi connectivity index (χ0n) is 8.22. The van der Waals surface area contributed by atoms with Crippen LogP contribution in [-0.2, 0) is 0 Å². The van der Waals surface area contributed by atoms with E-state index in [1.165, 1.54) is 6.20 Å². The van der Waals surface area contributed by atoms with E-state index in [0.29, 0.717) is 24.3 Å². The van der Waals surface area contributed by atoms with Crippen LogP contribution in [0.3, 0.4) is 0 Å². The quantitative estimate of drug-likeness (QED) is 0.180. The second kappa shape index (κ2) is 5.82. The Kier molecular flexibility index (Phi) is 4.36. The van der Waals surface area contributed by atoms with Crippen LogP contribution in [0.4, 0.5) is 5.82 Å². The van der Waals surface area contributed by atoms with Crippen LogP contribution in [0, 0.1) is 0 Å². The summed E-state index contributed by atoms with van der Waals surface area (Å²) < 4.78 is 0. The molecule has 0 fully saturated rings. The number of aliphatic hydroxyl groups excluding tert-OH is 1. The second-order valence-electron chi connectivity index (χ2n) is 2.92. The van der Waals surface area contributed by atoms with Gasteiger partial charge in [-0.15, -0.1) is 0 Å². The molecule has 0 saturated heterocycles. The van der Waals surface area contributed by atoms with Gasteiger partial charge in [0.05, 0.1) is 0 Å². The number of rotatable bonds is 5. The molecule has 6 heteroatoms. The zero-order chi connectivity index (χ0) is 11.1. The molecule has 0 amide bonds. The molecule has 0 saturated carbocycles. The van der Waals surface area contributed by atoms with Crippen LogP contribution in [0.1, 0.15) is 12.0 Å². The first kappa shape index (κ1) is 11.3. The van der Waals surface area contributed by atoms with E-state index in [1.54, 1.807) is 12.1 Å². The fourth-order valence-electron chi connectivity index (χ4n) is 1.00. The van der Waals surface area contributed by atoms with Crippen molar-refractivity contribution in [3.05, 3.63) is 23.9 Å². The Bertz CT molecular complexity index is 323. The predicted molar refractivity (Wildman–Crippen MR) is 56.9 cm³/mol. The Morgan fingerprint density at radius 1 is 1.53 bits per heavy atom. The first-order valence-corrected chi connectivity index (χ1v) is 4.56. The van der Waals surface area contributed by atoms with Crippen molar-refractivity contribution < 1.29 is 10.3 Å². The highest BCUT2D eigenvalue weighted by atomic mass is 16.4. The van der Waals surface area contributed by atoms with Gasteiger partial charge in [0.15, 0.2) is 5.84 Å². The number of oxime groups is 1. The van der Waals surface area contributed by atoms with Gasteiger partial charge in [0.1, 0.15) is 5.82 Å². The molecule has 0 aliphatic heterocycles. The summed E-state index contributed by atoms with van der Waals surface area (Å²) in [5, 5.41) is 22.9. The number of nitrogens with one attached hydrogen (secondary N) is 1. The van der Waals surface area contributed by atoms with Gasteiger partial charge in [-0.2, -0.15) is 0 Å². The first-order chi connectivity index (χ1) is 7.27. The number of pyridine rings is 1. The van der Waals surface area contributed by atoms with Crippen LogP contribution in [0.25, 0.3) is 0 Å². The lowest BCUT2D eigenvalue weighted by atomic mass is 10.2. The average Bonchev–Trinajstić information content (AvgIpc) is 2.29. The number of nitrogens with zero attached hydrogens (tertiary/aromatic N) is 2. The highest BCUT2D eigenvalue weighted by molar-refractivity contribution is 5.96. The van der Waals surface area contributed by atoms with E-state index in [1.807, 2.05) is 0 Å². The Labute approximate surface area is 87.4 Å². The summed E-state index contributed by atoms with van der Waals surface area (Å²) in [4.78, 5) is 4.05. The third-order valence-electron chi connectivity index (χ3n) is 1.81. The van der Waals surface area contributed by atoms with E-state index in [4.69, 9.17) is 16.0 Å². The van der Waals surface area contributed by atoms with Crippen molar-refractivity contribution >= 4 is 11.7 Å². The van der Waals surface area contributed by atoms with E-state index in [2.05, 4.69) is 15.5 Å². The molecule has 82 valence electrons. The molecule has 0 unspecified atom stereocenters. The van der Waals surface area contributed by atoms with Crippen LogP contribution in [-0.4, -0.2) is 34.3 Å². The highest BCUT2D eigenvalue weighted by Gasteiger charge is 1.99. The maximum atomic E-state index is 8.57. The molecular weight excluding hydrogens is 196 g/mol. The van der Waals surface area contributed by atoms with Crippen LogP contribution in [0.2, 0.25) is 0 Å². The van der Waals surface area contributed by atoms with Crippen LogP contribution >= 0.6 is 0 Å². The normalized spacial score (nSPS) is 11.4. The predicted octanol–water partition coefficient (Wildman–Crippen LogP) is -0.0296. The number of aliphatic hydroxyl groups is 1. The van der Waals surface area contributed by atoms with Crippen molar-refractivity contribution in [3.63, 3.8) is 0 Å². The summed E-state index contributed by atoms with van der Waals surface area (Å²) in [6.45, 7) is 0.807. The van der Waals surface area contributed by atoms with Crippen molar-refractivity contribution in [2.75, 3.05) is 18.5 Å². The number of amidine groups is 1. The van der Waals surface area contributed by atoms with Crippen molar-refractivity contribution in [3.8, 4) is 0 Å². The summed E-state index contributed by atoms with van der Waals surface area (Å²) in [5.74, 6) is 0.724. The SMILES string of the molecule is N/C(=N\O)c1ccc(NCCCO)nc1. The molecule has 15 heavy (non-hydrogen) atoms. The van der Waals surface area contributed by atoms with Gasteiger partial charge >= 0.3 is 0 Å². The van der Waals surface area contributed by atoms with E-state index in [-0.39, 0.29) is 12.4 Å². The maximum absolute atomic E-state index is 8.57. The van der Waals surface area contributed by atoms with Crippen molar-refractivity contribution in [1.82, 2.24) is 4.98 Å². The monoisotopic (exact) mass is 210 g/mol. The van der Waals surface area contributed by atoms with Gasteiger partial charge in [0, 0.05) is 24.9 Å². The number of nitrogens with two attached hydrogens (primary N) is 1. The lowest BCUT2D eigenvalue weighted by Gasteiger charge is -2.04. The van der Waals surface area contributed by atoms with Crippen LogP contribution in [0.15, 0.2) is 23.5 Å². The van der Waals surface area contributed by atoms with Crippen molar-refractivity contribution in [1.29, 1.82) is 0 Å². The molecule has 0 spiro atoms. The highest BCUT2D eigenvalue weighted by Crippen LogP contribution is 2.04. The molecule has 1 rings (SSSR count). The van der Waals surface area contributed by atoms with Crippen LogP contribution in [0.5, 0.6) is 0 Å². The summed E-state index contributed by atoms with van der Waals surface area (Å²) in [6.07, 6.45) is 2.18. The molecule has 6 nitrogen and oxygen atoms in total. The average molecular weight is 210 g/mol. The van der Waals surface area contributed by atoms with Gasteiger partial charge in [-0.1, -0.05) is 5.16 Å². The molecule has 1 aromatic heterocycles. The lowest BCUT2D eigenvalue weighted by molar-refractivity contribution is 0.292. The Morgan fingerprint density at radius 2 is 2.33 bits per heavy atom. The standard InChI is InChI=1S/C9H14N4O2/c10-9(13-15)7-2-3-8(12-6-7)11-4-1-5-14/h2-3,6,14-15H,1,4-5H2,(H2,10,13)(H,11,12). The van der Waals surface area contributed by atoms with Crippen molar-refractivity contribution in [2.45, 2.75) is 6.42 Å². The second-order valence-corrected chi connectivity index (χ2v) is 2.92. The Morgan fingerprint density at radius 3 is 2.87 bits per heavy atom. The van der Waals surface area contributed by atoms with Gasteiger partial charge in [-0.3, -0.25) is 0 Å². The lowest BCUT2D eigenvalue weighted by Crippen LogP contribution is -2.13. The third kappa shape index (κ3) is 3.43. The van der Waals surface area contributed by atoms with E-state index < -0.39 is 0 Å². The topological polar surface area (TPSA) is 104 Å². The first-order valence-electron chi connectivity index (χ1n) is 4.56. The van der Waals surface area contributed by atoms with Gasteiger partial charge in [0.2, 0.25) is 0 Å². The fourth-order valence-corrected chi connectivity index (χ4v) is 1.00. The van der Waals surface area contributed by atoms with Gasteiger partial charge in [0.25, 0.3) is 0 Å². The minimum atomic E-state index is 0.0319. The largest absolute Gasteiger partial charge is 0.409 e. The third-order valence-corrected chi connectivity index (χ3v) is 1.81. The Balaban J connectivity index is 2.56. The molecule has 1 aromatic rings. The smallest absolute Gasteiger partial charge is 0.171 e. The summed E-state index contributed by atoms with van der Waals surface area (Å²) >= 11 is 0. The molecular formula is C9H14N4O2. The number of anilines is 1. The number of hydrogen-bond donors (Lipinski definition) is 4. The number of hydrogen-bond acceptors (Lipinski definition) is 5. The summed E-state index contributed by atoms with van der Waals surface area (Å²) in [5.41, 5.74) is 5.93. The molecule has 0 aliphatic rings. The molecule has 0 bridgehead atoms. The van der Waals surface area contributed by atoms with Crippen LogP contribution < -0.4 is 11.1 Å². The van der Waals surface area contributed by atoms with Gasteiger partial charge in [-0.05, 0) is 18.6 Å². The summed E-state index contributed by atoms with van der Waals surface area (Å²) in [6, 6.07) is 3.42. The molecule has 0 aliphatic carbocycles. The van der Waals surface area contributed by atoms with E-state index in [9.17, 15) is 0 Å². The molecule has 0 aromatic carbocycles. The molecule has 0 radical (unpaired) electrons. The fraction of sp³-hybridized carbons (Fsp3) is 0.333. The van der Waals surface area contributed by atoms with Crippen molar-refractivity contribution in [2.24, 2.45) is 10.9 Å². The molecule has 5 N–H and O–H groups in total. The molecule has 0 atom stereocenters. The maximum Gasteiger partial charge on any atom is 0.171 e. The number of aromatic nitrogens is 1. The zero-order valence-corrected chi connectivity index (χ0v) is 8.22. The minimum absolute atomic E-state index is 0.0319. The van der Waals surface area contributed by atoms with Gasteiger partial charge < -0.3 is 21.4 Å². The molecule has 1 heterocycles.